The molecule has 0 bridgehead atoms. The van der Waals surface area contributed by atoms with Crippen molar-refractivity contribution in [1.29, 1.82) is 0 Å². The van der Waals surface area contributed by atoms with Gasteiger partial charge in [0.2, 0.25) is 5.89 Å². The molecule has 2 N–H and O–H groups in total. The van der Waals surface area contributed by atoms with E-state index in [1.54, 1.807) is 0 Å². The van der Waals surface area contributed by atoms with Crippen molar-refractivity contribution in [2.75, 3.05) is 19.6 Å². The van der Waals surface area contributed by atoms with Crippen molar-refractivity contribution in [1.82, 2.24) is 20.8 Å². The van der Waals surface area contributed by atoms with E-state index < -0.39 is 0 Å². The molecule has 2 aromatic rings. The van der Waals surface area contributed by atoms with Gasteiger partial charge >= 0.3 is 0 Å². The summed E-state index contributed by atoms with van der Waals surface area (Å²) in [5.74, 6) is 2.61. The summed E-state index contributed by atoms with van der Waals surface area (Å²) in [6.07, 6.45) is 3.99. The number of hydrogen-bond donors (Lipinski definition) is 2. The van der Waals surface area contributed by atoms with Gasteiger partial charge in [-0.3, -0.25) is 4.99 Å². The number of rotatable bonds is 9. The third kappa shape index (κ3) is 5.47. The molecule has 3 rings (SSSR count). The molecule has 6 nitrogen and oxygen atoms in total. The van der Waals surface area contributed by atoms with E-state index in [4.69, 9.17) is 21.1 Å². The predicted octanol–water partition coefficient (Wildman–Crippen LogP) is 4.07. The van der Waals surface area contributed by atoms with E-state index in [2.05, 4.69) is 53.7 Å². The van der Waals surface area contributed by atoms with Crippen molar-refractivity contribution in [2.45, 2.75) is 57.8 Å². The molecule has 1 fully saturated rings. The molecular weight excluding hydrogens is 374 g/mol. The Balaban J connectivity index is 1.50. The van der Waals surface area contributed by atoms with Crippen LogP contribution in [0, 0.1) is 0 Å². The number of aliphatic imine (C=N–C) groups is 1. The van der Waals surface area contributed by atoms with Crippen LogP contribution >= 0.6 is 11.6 Å². The largest absolute Gasteiger partial charge is 0.357 e. The molecule has 1 saturated carbocycles. The van der Waals surface area contributed by atoms with Crippen LogP contribution in [0.3, 0.4) is 0 Å². The first-order valence-corrected chi connectivity index (χ1v) is 10.5. The number of aryl methyl sites for hydroxylation is 1. The number of nitrogens with zero attached hydrogens (tertiary/aromatic N) is 3. The SMILES string of the molecule is CCNC(=NCC1(c2cccc(Cl)c2)CC1)NCCCc1nc(C(C)C)no1. The van der Waals surface area contributed by atoms with E-state index in [0.717, 1.165) is 62.1 Å². The summed E-state index contributed by atoms with van der Waals surface area (Å²) in [5, 5.41) is 11.5. The average molecular weight is 404 g/mol. The van der Waals surface area contributed by atoms with Crippen molar-refractivity contribution in [3.8, 4) is 0 Å². The van der Waals surface area contributed by atoms with Crippen molar-refractivity contribution >= 4 is 17.6 Å². The zero-order chi connectivity index (χ0) is 20.0. The van der Waals surface area contributed by atoms with Gasteiger partial charge in [-0.1, -0.05) is 42.7 Å². The number of hydrogen-bond acceptors (Lipinski definition) is 4. The molecule has 1 aliphatic rings. The highest BCUT2D eigenvalue weighted by molar-refractivity contribution is 6.30. The molecular formula is C21H30ClN5O. The van der Waals surface area contributed by atoms with Crippen molar-refractivity contribution in [3.63, 3.8) is 0 Å². The van der Waals surface area contributed by atoms with Crippen LogP contribution in [0.2, 0.25) is 5.02 Å². The molecule has 7 heteroatoms. The van der Waals surface area contributed by atoms with Gasteiger partial charge in [0, 0.05) is 35.9 Å². The van der Waals surface area contributed by atoms with Gasteiger partial charge in [0.1, 0.15) is 0 Å². The summed E-state index contributed by atoms with van der Waals surface area (Å²) >= 11 is 6.17. The van der Waals surface area contributed by atoms with E-state index in [-0.39, 0.29) is 11.3 Å². The zero-order valence-electron chi connectivity index (χ0n) is 17.0. The Kier molecular flexibility index (Phi) is 6.94. The Bertz CT molecular complexity index is 798. The summed E-state index contributed by atoms with van der Waals surface area (Å²) < 4.78 is 5.29. The highest BCUT2D eigenvalue weighted by atomic mass is 35.5. The van der Waals surface area contributed by atoms with Crippen molar-refractivity contribution in [3.05, 3.63) is 46.6 Å². The molecule has 0 atom stereocenters. The molecule has 0 amide bonds. The minimum absolute atomic E-state index is 0.143. The fourth-order valence-corrected chi connectivity index (χ4v) is 3.32. The van der Waals surface area contributed by atoms with Gasteiger partial charge in [0.05, 0.1) is 6.54 Å². The molecule has 0 aliphatic heterocycles. The lowest BCUT2D eigenvalue weighted by molar-refractivity contribution is 0.368. The van der Waals surface area contributed by atoms with Crippen LogP contribution in [0.4, 0.5) is 0 Å². The molecule has 1 aliphatic carbocycles. The summed E-state index contributed by atoms with van der Waals surface area (Å²) in [7, 11) is 0. The zero-order valence-corrected chi connectivity index (χ0v) is 17.7. The van der Waals surface area contributed by atoms with Gasteiger partial charge in [0.25, 0.3) is 0 Å². The average Bonchev–Trinajstić information content (AvgIpc) is 3.32. The fourth-order valence-electron chi connectivity index (χ4n) is 3.13. The second kappa shape index (κ2) is 9.41. The third-order valence-corrected chi connectivity index (χ3v) is 5.27. The standard InChI is InChI=1S/C21H30ClN5O/c1-4-23-20(24-12-6-9-18-26-19(15(2)3)27-28-18)25-14-21(10-11-21)16-7-5-8-17(22)13-16/h5,7-8,13,15H,4,6,9-12,14H2,1-3H3,(H2,23,24,25). The normalized spacial score (nSPS) is 15.7. The first-order chi connectivity index (χ1) is 13.5. The highest BCUT2D eigenvalue weighted by Gasteiger charge is 2.44. The quantitative estimate of drug-likeness (QED) is 0.375. The van der Waals surface area contributed by atoms with Gasteiger partial charge in [-0.2, -0.15) is 4.98 Å². The van der Waals surface area contributed by atoms with Crippen LogP contribution in [0.25, 0.3) is 0 Å². The summed E-state index contributed by atoms with van der Waals surface area (Å²) in [4.78, 5) is 9.24. The van der Waals surface area contributed by atoms with Crippen LogP contribution in [-0.4, -0.2) is 35.7 Å². The maximum Gasteiger partial charge on any atom is 0.226 e. The molecule has 1 aromatic carbocycles. The summed E-state index contributed by atoms with van der Waals surface area (Å²) in [6, 6.07) is 8.17. The monoisotopic (exact) mass is 403 g/mol. The first kappa shape index (κ1) is 20.6. The van der Waals surface area contributed by atoms with Crippen LogP contribution in [-0.2, 0) is 11.8 Å². The molecule has 0 unspecified atom stereocenters. The summed E-state index contributed by atoms with van der Waals surface area (Å²) in [6.45, 7) is 8.60. The van der Waals surface area contributed by atoms with E-state index in [0.29, 0.717) is 5.89 Å². The van der Waals surface area contributed by atoms with Crippen LogP contribution in [0.1, 0.15) is 63.2 Å². The molecule has 28 heavy (non-hydrogen) atoms. The fraction of sp³-hybridized carbons (Fsp3) is 0.571. The first-order valence-electron chi connectivity index (χ1n) is 10.1. The lowest BCUT2D eigenvalue weighted by Gasteiger charge is -2.16. The molecule has 0 saturated heterocycles. The maximum atomic E-state index is 6.17. The number of guanidine groups is 1. The van der Waals surface area contributed by atoms with Gasteiger partial charge in [0.15, 0.2) is 11.8 Å². The minimum atomic E-state index is 0.143. The van der Waals surface area contributed by atoms with E-state index in [1.165, 1.54) is 5.56 Å². The maximum absolute atomic E-state index is 6.17. The summed E-state index contributed by atoms with van der Waals surface area (Å²) in [5.41, 5.74) is 1.43. The third-order valence-electron chi connectivity index (χ3n) is 5.03. The van der Waals surface area contributed by atoms with Crippen LogP contribution in [0.15, 0.2) is 33.8 Å². The van der Waals surface area contributed by atoms with Gasteiger partial charge in [-0.15, -0.1) is 0 Å². The van der Waals surface area contributed by atoms with Crippen LogP contribution in [0.5, 0.6) is 0 Å². The second-order valence-corrected chi connectivity index (χ2v) is 8.15. The van der Waals surface area contributed by atoms with Crippen molar-refractivity contribution in [2.24, 2.45) is 4.99 Å². The second-order valence-electron chi connectivity index (χ2n) is 7.72. The highest BCUT2D eigenvalue weighted by Crippen LogP contribution is 2.48. The van der Waals surface area contributed by atoms with Crippen LogP contribution < -0.4 is 10.6 Å². The molecule has 152 valence electrons. The van der Waals surface area contributed by atoms with E-state index >= 15 is 0 Å². The lowest BCUT2D eigenvalue weighted by Crippen LogP contribution is -2.38. The van der Waals surface area contributed by atoms with E-state index in [9.17, 15) is 0 Å². The number of halogens is 1. The lowest BCUT2D eigenvalue weighted by atomic mass is 9.96. The topological polar surface area (TPSA) is 75.3 Å². The Morgan fingerprint density at radius 2 is 2.14 bits per heavy atom. The van der Waals surface area contributed by atoms with Gasteiger partial charge < -0.3 is 15.2 Å². The Morgan fingerprint density at radius 3 is 2.79 bits per heavy atom. The number of nitrogens with one attached hydrogen (secondary N) is 2. The Labute approximate surface area is 172 Å². The smallest absolute Gasteiger partial charge is 0.226 e. The minimum Gasteiger partial charge on any atom is -0.357 e. The number of aromatic nitrogens is 2. The Morgan fingerprint density at radius 1 is 1.32 bits per heavy atom. The predicted molar refractivity (Wildman–Crippen MR) is 113 cm³/mol. The van der Waals surface area contributed by atoms with Gasteiger partial charge in [-0.05, 0) is 43.9 Å². The number of benzene rings is 1. The van der Waals surface area contributed by atoms with Gasteiger partial charge in [-0.25, -0.2) is 0 Å². The molecule has 0 radical (unpaired) electrons. The van der Waals surface area contributed by atoms with Crippen molar-refractivity contribution < 1.29 is 4.52 Å². The molecule has 0 spiro atoms. The molecule has 1 aromatic heterocycles. The molecule has 1 heterocycles. The van der Waals surface area contributed by atoms with E-state index in [1.807, 2.05) is 12.1 Å². The Hall–Kier alpha value is -2.08.